The summed E-state index contributed by atoms with van der Waals surface area (Å²) in [6.45, 7) is 2.88. The SMILES string of the molecule is O=C(CSc1ccc(Cl)cc1)N1CCN([C@@H]2CCS(=O)(=O)C2)CC1. The molecule has 0 aliphatic carbocycles. The number of rotatable bonds is 4. The minimum Gasteiger partial charge on any atom is -0.339 e. The smallest absolute Gasteiger partial charge is 0.233 e. The maximum Gasteiger partial charge on any atom is 0.233 e. The monoisotopic (exact) mass is 388 g/mol. The number of amides is 1. The minimum atomic E-state index is -2.85. The minimum absolute atomic E-state index is 0.133. The van der Waals surface area contributed by atoms with Crippen LogP contribution in [0.2, 0.25) is 5.02 Å². The van der Waals surface area contributed by atoms with Crippen LogP contribution in [-0.2, 0) is 14.6 Å². The van der Waals surface area contributed by atoms with E-state index in [-0.39, 0.29) is 17.7 Å². The van der Waals surface area contributed by atoms with Crippen molar-refractivity contribution in [2.45, 2.75) is 17.4 Å². The molecule has 1 aromatic rings. The zero-order chi connectivity index (χ0) is 17.2. The highest BCUT2D eigenvalue weighted by Crippen LogP contribution is 2.22. The van der Waals surface area contributed by atoms with E-state index in [9.17, 15) is 13.2 Å². The zero-order valence-corrected chi connectivity index (χ0v) is 15.7. The van der Waals surface area contributed by atoms with Gasteiger partial charge in [0.25, 0.3) is 0 Å². The first-order chi connectivity index (χ1) is 11.4. The summed E-state index contributed by atoms with van der Waals surface area (Å²) in [6, 6.07) is 7.61. The molecule has 0 unspecified atom stereocenters. The Hall–Kier alpha value is -0.760. The van der Waals surface area contributed by atoms with E-state index in [1.54, 1.807) is 0 Å². The van der Waals surface area contributed by atoms with Crippen LogP contribution in [0.15, 0.2) is 29.2 Å². The molecule has 2 aliphatic rings. The number of carbonyl (C=O) groups is 1. The van der Waals surface area contributed by atoms with Gasteiger partial charge in [-0.2, -0.15) is 0 Å². The number of nitrogens with zero attached hydrogens (tertiary/aromatic N) is 2. The zero-order valence-electron chi connectivity index (χ0n) is 13.4. The Balaban J connectivity index is 1.44. The van der Waals surface area contributed by atoms with Crippen molar-refractivity contribution >= 4 is 39.1 Å². The van der Waals surface area contributed by atoms with Crippen molar-refractivity contribution in [3.63, 3.8) is 0 Å². The molecule has 1 amide bonds. The van der Waals surface area contributed by atoms with Crippen LogP contribution < -0.4 is 0 Å². The maximum absolute atomic E-state index is 12.3. The van der Waals surface area contributed by atoms with Crippen LogP contribution in [0.1, 0.15) is 6.42 Å². The molecule has 2 fully saturated rings. The summed E-state index contributed by atoms with van der Waals surface area (Å²) in [5.74, 6) is 1.12. The van der Waals surface area contributed by atoms with Gasteiger partial charge in [0.15, 0.2) is 9.84 Å². The molecule has 0 N–H and O–H groups in total. The number of piperazine rings is 1. The van der Waals surface area contributed by atoms with Crippen molar-refractivity contribution in [3.8, 4) is 0 Å². The topological polar surface area (TPSA) is 57.7 Å². The van der Waals surface area contributed by atoms with Gasteiger partial charge in [-0.3, -0.25) is 9.69 Å². The third kappa shape index (κ3) is 4.65. The Kier molecular flexibility index (Phi) is 5.74. The molecule has 2 saturated heterocycles. The summed E-state index contributed by atoms with van der Waals surface area (Å²) in [5, 5.41) is 0.690. The van der Waals surface area contributed by atoms with E-state index in [0.29, 0.717) is 29.6 Å². The normalized spacial score (nSPS) is 24.2. The molecule has 5 nitrogen and oxygen atoms in total. The van der Waals surface area contributed by atoms with Gasteiger partial charge in [0.05, 0.1) is 17.3 Å². The second-order valence-electron chi connectivity index (χ2n) is 6.22. The molecule has 2 heterocycles. The molecular formula is C16H21ClN2O3S2. The van der Waals surface area contributed by atoms with Crippen molar-refractivity contribution in [1.29, 1.82) is 0 Å². The number of carbonyl (C=O) groups excluding carboxylic acids is 1. The lowest BCUT2D eigenvalue weighted by atomic mass is 10.2. The average Bonchev–Trinajstić information content (AvgIpc) is 2.94. The third-order valence-electron chi connectivity index (χ3n) is 4.57. The number of hydrogen-bond donors (Lipinski definition) is 0. The second kappa shape index (κ2) is 7.64. The van der Waals surface area contributed by atoms with Crippen molar-refractivity contribution in [1.82, 2.24) is 9.80 Å². The van der Waals surface area contributed by atoms with E-state index >= 15 is 0 Å². The van der Waals surface area contributed by atoms with Crippen LogP contribution in [0.4, 0.5) is 0 Å². The van der Waals surface area contributed by atoms with Gasteiger partial charge in [0.2, 0.25) is 5.91 Å². The largest absolute Gasteiger partial charge is 0.339 e. The van der Waals surface area contributed by atoms with Gasteiger partial charge in [-0.1, -0.05) is 11.6 Å². The second-order valence-corrected chi connectivity index (χ2v) is 9.93. The first-order valence-electron chi connectivity index (χ1n) is 8.03. The van der Waals surface area contributed by atoms with Crippen LogP contribution in [0, 0.1) is 0 Å². The number of benzene rings is 1. The van der Waals surface area contributed by atoms with Crippen molar-refractivity contribution < 1.29 is 13.2 Å². The van der Waals surface area contributed by atoms with Crippen LogP contribution in [-0.4, -0.2) is 73.6 Å². The first-order valence-corrected chi connectivity index (χ1v) is 11.2. The fraction of sp³-hybridized carbons (Fsp3) is 0.562. The molecule has 3 rings (SSSR count). The lowest BCUT2D eigenvalue weighted by Crippen LogP contribution is -2.52. The molecule has 24 heavy (non-hydrogen) atoms. The Labute approximate surface area is 152 Å². The Morgan fingerprint density at radius 3 is 2.42 bits per heavy atom. The van der Waals surface area contributed by atoms with E-state index in [1.165, 1.54) is 11.8 Å². The fourth-order valence-corrected chi connectivity index (χ4v) is 5.86. The molecular weight excluding hydrogens is 368 g/mol. The van der Waals surface area contributed by atoms with E-state index < -0.39 is 9.84 Å². The van der Waals surface area contributed by atoms with Crippen molar-refractivity contribution in [3.05, 3.63) is 29.3 Å². The van der Waals surface area contributed by atoms with Crippen LogP contribution in [0.3, 0.4) is 0 Å². The lowest BCUT2D eigenvalue weighted by Gasteiger charge is -2.37. The van der Waals surface area contributed by atoms with Crippen LogP contribution >= 0.6 is 23.4 Å². The molecule has 0 radical (unpaired) electrons. The summed E-state index contributed by atoms with van der Waals surface area (Å²) in [7, 11) is -2.85. The van der Waals surface area contributed by atoms with E-state index in [0.717, 1.165) is 24.4 Å². The third-order valence-corrected chi connectivity index (χ3v) is 7.57. The van der Waals surface area contributed by atoms with Gasteiger partial charge in [-0.15, -0.1) is 11.8 Å². The number of thioether (sulfide) groups is 1. The highest BCUT2D eigenvalue weighted by molar-refractivity contribution is 8.00. The van der Waals surface area contributed by atoms with Crippen molar-refractivity contribution in [2.24, 2.45) is 0 Å². The van der Waals surface area contributed by atoms with Crippen molar-refractivity contribution in [2.75, 3.05) is 43.4 Å². The lowest BCUT2D eigenvalue weighted by molar-refractivity contribution is -0.130. The number of hydrogen-bond acceptors (Lipinski definition) is 5. The molecule has 1 aromatic carbocycles. The molecule has 1 atom stereocenters. The number of halogens is 1. The van der Waals surface area contributed by atoms with Gasteiger partial charge < -0.3 is 4.90 Å². The summed E-state index contributed by atoms with van der Waals surface area (Å²) in [4.78, 5) is 17.5. The van der Waals surface area contributed by atoms with E-state index in [1.807, 2.05) is 29.2 Å². The number of sulfone groups is 1. The highest BCUT2D eigenvalue weighted by Gasteiger charge is 2.34. The highest BCUT2D eigenvalue weighted by atomic mass is 35.5. The molecule has 2 aliphatic heterocycles. The molecule has 0 aromatic heterocycles. The van der Waals surface area contributed by atoms with Gasteiger partial charge in [0.1, 0.15) is 0 Å². The summed E-state index contributed by atoms with van der Waals surface area (Å²) in [5.41, 5.74) is 0. The quantitative estimate of drug-likeness (QED) is 0.736. The predicted molar refractivity (Wildman–Crippen MR) is 97.4 cm³/mol. The van der Waals surface area contributed by atoms with E-state index in [4.69, 9.17) is 11.6 Å². The molecule has 132 valence electrons. The molecule has 8 heteroatoms. The first kappa shape index (κ1) is 18.0. The molecule has 0 saturated carbocycles. The Morgan fingerprint density at radius 2 is 1.83 bits per heavy atom. The van der Waals surface area contributed by atoms with Crippen LogP contribution in [0.5, 0.6) is 0 Å². The summed E-state index contributed by atoms with van der Waals surface area (Å²) < 4.78 is 23.2. The average molecular weight is 389 g/mol. The van der Waals surface area contributed by atoms with Gasteiger partial charge >= 0.3 is 0 Å². The molecule has 0 spiro atoms. The maximum atomic E-state index is 12.3. The van der Waals surface area contributed by atoms with Gasteiger partial charge in [-0.25, -0.2) is 8.42 Å². The summed E-state index contributed by atoms with van der Waals surface area (Å²) in [6.07, 6.45) is 0.725. The van der Waals surface area contributed by atoms with Crippen LogP contribution in [0.25, 0.3) is 0 Å². The Morgan fingerprint density at radius 1 is 1.17 bits per heavy atom. The predicted octanol–water partition coefficient (Wildman–Crippen LogP) is 1.76. The summed E-state index contributed by atoms with van der Waals surface area (Å²) >= 11 is 7.37. The molecule has 0 bridgehead atoms. The fourth-order valence-electron chi connectivity index (χ4n) is 3.17. The standard InChI is InChI=1S/C16H21ClN2O3S2/c17-13-1-3-15(4-2-13)23-11-16(20)19-8-6-18(7-9-19)14-5-10-24(21,22)12-14/h1-4,14H,5-12H2/t14-/m1/s1. The van der Waals surface area contributed by atoms with E-state index in [2.05, 4.69) is 4.90 Å². The Bertz CT molecular complexity index is 686. The van der Waals surface area contributed by atoms with Gasteiger partial charge in [0, 0.05) is 42.1 Å². The van der Waals surface area contributed by atoms with Gasteiger partial charge in [-0.05, 0) is 30.7 Å².